The maximum Gasteiger partial charge on any atom is 0.315 e. The molecule has 2 aromatic rings. The number of hydrogen-bond acceptors (Lipinski definition) is 5. The molecule has 118 valence electrons. The summed E-state index contributed by atoms with van der Waals surface area (Å²) in [5.41, 5.74) is 0.504. The number of imidazole rings is 1. The fraction of sp³-hybridized carbons (Fsp3) is 0.400. The molecule has 0 N–H and O–H groups in total. The minimum Gasteiger partial charge on any atom is -0.490 e. The number of benzene rings is 1. The molecule has 0 aliphatic heterocycles. The lowest BCUT2D eigenvalue weighted by atomic mass is 10.1. The van der Waals surface area contributed by atoms with Gasteiger partial charge in [-0.3, -0.25) is 10.1 Å². The van der Waals surface area contributed by atoms with Gasteiger partial charge in [0.1, 0.15) is 5.82 Å². The average molecular weight is 305 g/mol. The van der Waals surface area contributed by atoms with Gasteiger partial charge in [0.05, 0.1) is 18.1 Å². The predicted octanol–water partition coefficient (Wildman–Crippen LogP) is 3.18. The maximum absolute atomic E-state index is 11.4. The third-order valence-corrected chi connectivity index (χ3v) is 3.06. The highest BCUT2D eigenvalue weighted by Gasteiger charge is 2.24. The van der Waals surface area contributed by atoms with Gasteiger partial charge in [0, 0.05) is 31.1 Å². The van der Waals surface area contributed by atoms with Gasteiger partial charge < -0.3 is 14.0 Å². The van der Waals surface area contributed by atoms with Gasteiger partial charge >= 0.3 is 5.69 Å². The molecule has 0 amide bonds. The highest BCUT2D eigenvalue weighted by molar-refractivity contribution is 5.69. The Bertz CT molecular complexity index is 667. The number of nitro groups is 1. The van der Waals surface area contributed by atoms with Gasteiger partial charge in [0.25, 0.3) is 0 Å². The highest BCUT2D eigenvalue weighted by atomic mass is 16.6. The van der Waals surface area contributed by atoms with Crippen LogP contribution in [0.2, 0.25) is 0 Å². The van der Waals surface area contributed by atoms with Crippen LogP contribution in [0.25, 0.3) is 11.4 Å². The van der Waals surface area contributed by atoms with Gasteiger partial charge in [0.15, 0.2) is 5.75 Å². The summed E-state index contributed by atoms with van der Waals surface area (Å²) in [6, 6.07) is 3.19. The van der Waals surface area contributed by atoms with E-state index < -0.39 is 4.92 Å². The first-order valence-corrected chi connectivity index (χ1v) is 7.14. The molecular formula is C15H19N3O4. The summed E-state index contributed by atoms with van der Waals surface area (Å²) in [6.07, 6.45) is 4.18. The molecule has 0 spiro atoms. The number of hydrogen-bond donors (Lipinski definition) is 0. The topological polar surface area (TPSA) is 79.4 Å². The first-order chi connectivity index (χ1) is 10.6. The molecule has 2 rings (SSSR count). The minimum absolute atomic E-state index is 0.114. The quantitative estimate of drug-likeness (QED) is 0.580. The van der Waals surface area contributed by atoms with Crippen LogP contribution in [-0.2, 0) is 7.05 Å². The molecule has 0 unspecified atom stereocenters. The molecule has 0 bridgehead atoms. The van der Waals surface area contributed by atoms with Crippen LogP contribution in [0.1, 0.15) is 20.3 Å². The van der Waals surface area contributed by atoms with E-state index in [0.717, 1.165) is 6.42 Å². The Morgan fingerprint density at radius 3 is 2.64 bits per heavy atom. The molecule has 7 nitrogen and oxygen atoms in total. The van der Waals surface area contributed by atoms with E-state index in [9.17, 15) is 10.1 Å². The van der Waals surface area contributed by atoms with E-state index >= 15 is 0 Å². The molecule has 0 aliphatic carbocycles. The molecule has 0 fully saturated rings. The zero-order valence-corrected chi connectivity index (χ0v) is 12.9. The molecule has 0 atom stereocenters. The van der Waals surface area contributed by atoms with Crippen molar-refractivity contribution in [3.63, 3.8) is 0 Å². The molecule has 0 aliphatic rings. The Kier molecular flexibility index (Phi) is 4.98. The minimum atomic E-state index is -0.458. The zero-order valence-electron chi connectivity index (χ0n) is 12.9. The van der Waals surface area contributed by atoms with E-state index in [1.165, 1.54) is 6.07 Å². The SMILES string of the molecule is CCCOc1c(OCC)cc(-c2nccn2C)cc1[N+](=O)[O-]. The lowest BCUT2D eigenvalue weighted by molar-refractivity contribution is -0.385. The van der Waals surface area contributed by atoms with Gasteiger partial charge in [-0.1, -0.05) is 6.92 Å². The van der Waals surface area contributed by atoms with E-state index in [1.807, 2.05) is 20.9 Å². The van der Waals surface area contributed by atoms with E-state index in [2.05, 4.69) is 4.98 Å². The summed E-state index contributed by atoms with van der Waals surface area (Å²) in [5, 5.41) is 11.4. The first kappa shape index (κ1) is 15.8. The second kappa shape index (κ2) is 6.93. The molecule has 0 saturated carbocycles. The number of rotatable bonds is 7. The Balaban J connectivity index is 2.59. The van der Waals surface area contributed by atoms with Crippen LogP contribution >= 0.6 is 0 Å². The summed E-state index contributed by atoms with van der Waals surface area (Å²) >= 11 is 0. The zero-order chi connectivity index (χ0) is 16.1. The van der Waals surface area contributed by atoms with Crippen LogP contribution in [0.5, 0.6) is 11.5 Å². The fourth-order valence-corrected chi connectivity index (χ4v) is 2.11. The number of nitro benzene ring substituents is 1. The van der Waals surface area contributed by atoms with Crippen molar-refractivity contribution in [1.29, 1.82) is 0 Å². The van der Waals surface area contributed by atoms with Crippen molar-refractivity contribution in [2.75, 3.05) is 13.2 Å². The predicted molar refractivity (Wildman–Crippen MR) is 82.3 cm³/mol. The lowest BCUT2D eigenvalue weighted by Crippen LogP contribution is -2.04. The van der Waals surface area contributed by atoms with Gasteiger partial charge in [0.2, 0.25) is 5.75 Å². The summed E-state index contributed by atoms with van der Waals surface area (Å²) in [4.78, 5) is 15.2. The number of aromatic nitrogens is 2. The molecule has 1 heterocycles. The third kappa shape index (κ3) is 3.19. The van der Waals surface area contributed by atoms with Gasteiger partial charge in [-0.05, 0) is 19.4 Å². The van der Waals surface area contributed by atoms with Crippen LogP contribution in [-0.4, -0.2) is 27.7 Å². The van der Waals surface area contributed by atoms with Crippen LogP contribution in [0.3, 0.4) is 0 Å². The summed E-state index contributed by atoms with van der Waals surface area (Å²) in [5.74, 6) is 1.17. The number of nitrogens with zero attached hydrogens (tertiary/aromatic N) is 3. The van der Waals surface area contributed by atoms with Crippen molar-refractivity contribution in [1.82, 2.24) is 9.55 Å². The molecule has 22 heavy (non-hydrogen) atoms. The Morgan fingerprint density at radius 2 is 2.09 bits per heavy atom. The lowest BCUT2D eigenvalue weighted by Gasteiger charge is -2.13. The second-order valence-corrected chi connectivity index (χ2v) is 4.72. The summed E-state index contributed by atoms with van der Waals surface area (Å²) < 4.78 is 12.9. The van der Waals surface area contributed by atoms with Crippen molar-refractivity contribution in [2.45, 2.75) is 20.3 Å². The van der Waals surface area contributed by atoms with Crippen molar-refractivity contribution in [2.24, 2.45) is 7.05 Å². The fourth-order valence-electron chi connectivity index (χ4n) is 2.11. The standard InChI is InChI=1S/C15H19N3O4/c1-4-8-22-14-12(18(19)20)9-11(10-13(14)21-5-2)15-16-6-7-17(15)3/h6-7,9-10H,4-5,8H2,1-3H3. The van der Waals surface area contributed by atoms with Crippen molar-refractivity contribution >= 4 is 5.69 Å². The first-order valence-electron chi connectivity index (χ1n) is 7.14. The molecule has 7 heteroatoms. The van der Waals surface area contributed by atoms with Crippen molar-refractivity contribution in [3.05, 3.63) is 34.6 Å². The van der Waals surface area contributed by atoms with E-state index in [4.69, 9.17) is 9.47 Å². The molecule has 0 saturated heterocycles. The van der Waals surface area contributed by atoms with E-state index in [-0.39, 0.29) is 11.4 Å². The van der Waals surface area contributed by atoms with Gasteiger partial charge in [-0.25, -0.2) is 4.98 Å². The number of aryl methyl sites for hydroxylation is 1. The monoisotopic (exact) mass is 305 g/mol. The molecule has 0 radical (unpaired) electrons. The molecule has 1 aromatic carbocycles. The molecule has 1 aromatic heterocycles. The van der Waals surface area contributed by atoms with Crippen LogP contribution in [0.15, 0.2) is 24.5 Å². The Hall–Kier alpha value is -2.57. The van der Waals surface area contributed by atoms with Gasteiger partial charge in [-0.15, -0.1) is 0 Å². The molecular weight excluding hydrogens is 286 g/mol. The average Bonchev–Trinajstić information content (AvgIpc) is 2.91. The van der Waals surface area contributed by atoms with Crippen LogP contribution in [0, 0.1) is 10.1 Å². The van der Waals surface area contributed by atoms with E-state index in [0.29, 0.717) is 30.4 Å². The number of ether oxygens (including phenoxy) is 2. The van der Waals surface area contributed by atoms with Crippen molar-refractivity contribution in [3.8, 4) is 22.9 Å². The highest BCUT2D eigenvalue weighted by Crippen LogP contribution is 2.41. The Labute approximate surface area is 128 Å². The smallest absolute Gasteiger partial charge is 0.315 e. The summed E-state index contributed by atoms with van der Waals surface area (Å²) in [7, 11) is 1.83. The largest absolute Gasteiger partial charge is 0.490 e. The summed E-state index contributed by atoms with van der Waals surface area (Å²) in [6.45, 7) is 4.55. The van der Waals surface area contributed by atoms with E-state index in [1.54, 1.807) is 23.0 Å². The van der Waals surface area contributed by atoms with Crippen molar-refractivity contribution < 1.29 is 14.4 Å². The maximum atomic E-state index is 11.4. The second-order valence-electron chi connectivity index (χ2n) is 4.72. The Morgan fingerprint density at radius 1 is 1.32 bits per heavy atom. The van der Waals surface area contributed by atoms with Crippen LogP contribution < -0.4 is 9.47 Å². The normalized spacial score (nSPS) is 10.5. The van der Waals surface area contributed by atoms with Crippen LogP contribution in [0.4, 0.5) is 5.69 Å². The van der Waals surface area contributed by atoms with Gasteiger partial charge in [-0.2, -0.15) is 0 Å². The third-order valence-electron chi connectivity index (χ3n) is 3.06.